The highest BCUT2D eigenvalue weighted by molar-refractivity contribution is 5.28. The Morgan fingerprint density at radius 2 is 1.67 bits per heavy atom. The second kappa shape index (κ2) is 5.48. The minimum Gasteiger partial charge on any atom is -0.388 e. The van der Waals surface area contributed by atoms with Crippen LogP contribution in [0.3, 0.4) is 0 Å². The molecule has 0 aliphatic heterocycles. The number of aliphatic hydroxyl groups is 1. The molecule has 1 unspecified atom stereocenters. The number of aromatic nitrogens is 1. The fraction of sp³-hybridized carbons (Fsp3) is 0.750. The molecule has 0 spiro atoms. The van der Waals surface area contributed by atoms with Crippen molar-refractivity contribution < 1.29 is 5.11 Å². The summed E-state index contributed by atoms with van der Waals surface area (Å²) in [7, 11) is 0. The summed E-state index contributed by atoms with van der Waals surface area (Å²) < 4.78 is 2.50. The number of aliphatic hydroxyl groups excluding tert-OH is 1. The fourth-order valence-corrected chi connectivity index (χ4v) is 3.75. The molecule has 18 heavy (non-hydrogen) atoms. The lowest BCUT2D eigenvalue weighted by molar-refractivity contribution is 0.155. The van der Waals surface area contributed by atoms with Crippen molar-refractivity contribution >= 4 is 0 Å². The minimum absolute atomic E-state index is 0.205. The molecule has 0 saturated heterocycles. The predicted octanol–water partition coefficient (Wildman–Crippen LogP) is 4.14. The molecule has 1 saturated carbocycles. The van der Waals surface area contributed by atoms with Crippen molar-refractivity contribution in [1.29, 1.82) is 0 Å². The van der Waals surface area contributed by atoms with Gasteiger partial charge in [-0.15, -0.1) is 0 Å². The summed E-state index contributed by atoms with van der Waals surface area (Å²) in [6.45, 7) is 0. The third-order valence-corrected chi connectivity index (χ3v) is 4.78. The van der Waals surface area contributed by atoms with Gasteiger partial charge in [0.15, 0.2) is 0 Å². The first-order chi connectivity index (χ1) is 8.86. The Bertz CT molecular complexity index is 388. The monoisotopic (exact) mass is 247 g/mol. The van der Waals surface area contributed by atoms with Gasteiger partial charge in [0.2, 0.25) is 0 Å². The van der Waals surface area contributed by atoms with E-state index in [2.05, 4.69) is 16.8 Å². The maximum absolute atomic E-state index is 10.1. The van der Waals surface area contributed by atoms with Gasteiger partial charge in [-0.05, 0) is 38.2 Å². The van der Waals surface area contributed by atoms with Crippen LogP contribution in [0, 0.1) is 0 Å². The lowest BCUT2D eigenvalue weighted by Gasteiger charge is -2.27. The van der Waals surface area contributed by atoms with Crippen molar-refractivity contribution in [1.82, 2.24) is 4.57 Å². The fourth-order valence-electron chi connectivity index (χ4n) is 3.75. The molecular weight excluding hydrogens is 222 g/mol. The molecule has 0 bridgehead atoms. The van der Waals surface area contributed by atoms with E-state index < -0.39 is 0 Å². The summed E-state index contributed by atoms with van der Waals surface area (Å²) in [5.74, 6) is 0. The van der Waals surface area contributed by atoms with Crippen molar-refractivity contribution in [2.75, 3.05) is 0 Å². The Kier molecular flexibility index (Phi) is 3.74. The largest absolute Gasteiger partial charge is 0.388 e. The number of nitrogens with zero attached hydrogens (tertiary/aromatic N) is 1. The van der Waals surface area contributed by atoms with Crippen LogP contribution in [0.1, 0.15) is 81.2 Å². The van der Waals surface area contributed by atoms with Crippen LogP contribution in [0.4, 0.5) is 0 Å². The van der Waals surface area contributed by atoms with Gasteiger partial charge >= 0.3 is 0 Å². The maximum atomic E-state index is 10.1. The second-order valence-corrected chi connectivity index (χ2v) is 6.03. The summed E-state index contributed by atoms with van der Waals surface area (Å²) in [6, 6.07) is 2.86. The lowest BCUT2D eigenvalue weighted by Crippen LogP contribution is -2.16. The van der Waals surface area contributed by atoms with Gasteiger partial charge in [-0.3, -0.25) is 0 Å². The predicted molar refractivity (Wildman–Crippen MR) is 73.7 cm³/mol. The van der Waals surface area contributed by atoms with Crippen LogP contribution >= 0.6 is 0 Å². The molecule has 0 amide bonds. The van der Waals surface area contributed by atoms with Crippen molar-refractivity contribution in [3.63, 3.8) is 0 Å². The zero-order valence-electron chi connectivity index (χ0n) is 11.3. The number of fused-ring (bicyclic) bond motifs is 1. The molecule has 2 aliphatic carbocycles. The Hall–Kier alpha value is -0.760. The van der Waals surface area contributed by atoms with Crippen LogP contribution in [0.5, 0.6) is 0 Å². The highest BCUT2D eigenvalue weighted by atomic mass is 16.3. The first kappa shape index (κ1) is 12.3. The van der Waals surface area contributed by atoms with E-state index in [1.807, 2.05) is 0 Å². The normalized spacial score (nSPS) is 26.4. The summed E-state index contributed by atoms with van der Waals surface area (Å²) in [5.41, 5.74) is 2.64. The molecule has 1 aromatic heterocycles. The van der Waals surface area contributed by atoms with Gasteiger partial charge in [0, 0.05) is 23.5 Å². The minimum atomic E-state index is -0.205. The van der Waals surface area contributed by atoms with Crippen molar-refractivity contribution in [3.05, 3.63) is 23.5 Å². The Morgan fingerprint density at radius 3 is 2.44 bits per heavy atom. The molecule has 0 aromatic carbocycles. The number of hydrogen-bond donors (Lipinski definition) is 1. The van der Waals surface area contributed by atoms with E-state index in [-0.39, 0.29) is 6.10 Å². The van der Waals surface area contributed by atoms with E-state index in [0.29, 0.717) is 6.04 Å². The lowest BCUT2D eigenvalue weighted by atomic mass is 9.93. The molecule has 2 heteroatoms. The molecule has 2 aliphatic rings. The van der Waals surface area contributed by atoms with Crippen molar-refractivity contribution in [3.8, 4) is 0 Å². The molecule has 1 aromatic rings. The van der Waals surface area contributed by atoms with Crippen LogP contribution in [-0.2, 0) is 6.42 Å². The zero-order valence-corrected chi connectivity index (χ0v) is 11.3. The summed E-state index contributed by atoms with van der Waals surface area (Å²) >= 11 is 0. The average molecular weight is 247 g/mol. The van der Waals surface area contributed by atoms with E-state index in [9.17, 15) is 5.11 Å². The summed E-state index contributed by atoms with van der Waals surface area (Å²) in [4.78, 5) is 0. The molecule has 1 heterocycles. The molecule has 1 atom stereocenters. The molecule has 1 fully saturated rings. The van der Waals surface area contributed by atoms with Gasteiger partial charge in [-0.25, -0.2) is 0 Å². The van der Waals surface area contributed by atoms with Crippen LogP contribution in [-0.4, -0.2) is 9.67 Å². The Labute approximate surface area is 110 Å². The number of hydrogen-bond acceptors (Lipinski definition) is 1. The van der Waals surface area contributed by atoms with Crippen LogP contribution in [0.2, 0.25) is 0 Å². The molecule has 3 rings (SSSR count). The maximum Gasteiger partial charge on any atom is 0.0807 e. The van der Waals surface area contributed by atoms with Gasteiger partial charge in [0.05, 0.1) is 6.10 Å². The standard InChI is InChI=1S/C16H25NO/c18-16-10-6-9-15-14(16)11-12-17(15)13-7-4-2-1-3-5-8-13/h11-13,16,18H,1-10H2. The summed E-state index contributed by atoms with van der Waals surface area (Å²) in [5, 5.41) is 10.1. The van der Waals surface area contributed by atoms with Crippen LogP contribution in [0.25, 0.3) is 0 Å². The van der Waals surface area contributed by atoms with Gasteiger partial charge in [0.1, 0.15) is 0 Å². The Balaban J connectivity index is 1.82. The smallest absolute Gasteiger partial charge is 0.0807 e. The van der Waals surface area contributed by atoms with E-state index in [0.717, 1.165) is 19.3 Å². The average Bonchev–Trinajstić information content (AvgIpc) is 2.74. The van der Waals surface area contributed by atoms with Gasteiger partial charge in [-0.2, -0.15) is 0 Å². The molecule has 0 radical (unpaired) electrons. The first-order valence-electron chi connectivity index (χ1n) is 7.74. The third-order valence-electron chi connectivity index (χ3n) is 4.78. The van der Waals surface area contributed by atoms with E-state index in [4.69, 9.17) is 0 Å². The highest BCUT2D eigenvalue weighted by Gasteiger charge is 2.24. The quantitative estimate of drug-likeness (QED) is 0.792. The van der Waals surface area contributed by atoms with Crippen molar-refractivity contribution in [2.45, 2.75) is 76.4 Å². The molecule has 1 N–H and O–H groups in total. The van der Waals surface area contributed by atoms with Gasteiger partial charge in [0.25, 0.3) is 0 Å². The molecule has 2 nitrogen and oxygen atoms in total. The van der Waals surface area contributed by atoms with Gasteiger partial charge < -0.3 is 9.67 Å². The first-order valence-corrected chi connectivity index (χ1v) is 7.74. The van der Waals surface area contributed by atoms with E-state index in [1.54, 1.807) is 0 Å². The van der Waals surface area contributed by atoms with E-state index in [1.165, 1.54) is 56.2 Å². The SMILES string of the molecule is OC1CCCc2c1ccn2C1CCCCCCC1. The van der Waals surface area contributed by atoms with Gasteiger partial charge in [-0.1, -0.05) is 32.1 Å². The molecule has 100 valence electrons. The van der Waals surface area contributed by atoms with Crippen molar-refractivity contribution in [2.24, 2.45) is 0 Å². The van der Waals surface area contributed by atoms with E-state index >= 15 is 0 Å². The molecular formula is C16H25NO. The second-order valence-electron chi connectivity index (χ2n) is 6.03. The summed E-state index contributed by atoms with van der Waals surface area (Å²) in [6.07, 6.45) is 14.9. The topological polar surface area (TPSA) is 25.2 Å². The number of rotatable bonds is 1. The van der Waals surface area contributed by atoms with Crippen LogP contribution in [0.15, 0.2) is 12.3 Å². The van der Waals surface area contributed by atoms with Crippen LogP contribution < -0.4 is 0 Å². The Morgan fingerprint density at radius 1 is 0.944 bits per heavy atom. The third kappa shape index (κ3) is 2.35. The highest BCUT2D eigenvalue weighted by Crippen LogP contribution is 2.35. The zero-order chi connectivity index (χ0) is 12.4.